The van der Waals surface area contributed by atoms with Gasteiger partial charge in [-0.2, -0.15) is 0 Å². The standard InChI is InChI=1S/C14H17N3O3S/c1-19-9-6-4-3-5-8(9)7-17-14-11(20-2)10(15)12(21-14)13(16)18/h3-6,17H,7,15H2,1-2H3,(H2,16,18). The molecule has 0 aliphatic rings. The summed E-state index contributed by atoms with van der Waals surface area (Å²) in [6.45, 7) is 0.512. The largest absolute Gasteiger partial charge is 0.496 e. The second-order valence-electron chi connectivity index (χ2n) is 4.24. The Labute approximate surface area is 126 Å². The topological polar surface area (TPSA) is 99.6 Å². The van der Waals surface area contributed by atoms with Gasteiger partial charge in [0.1, 0.15) is 21.3 Å². The highest BCUT2D eigenvalue weighted by Gasteiger charge is 2.20. The minimum absolute atomic E-state index is 0.262. The van der Waals surface area contributed by atoms with Crippen molar-refractivity contribution in [1.29, 1.82) is 0 Å². The van der Waals surface area contributed by atoms with Crippen LogP contribution in [0.2, 0.25) is 0 Å². The van der Waals surface area contributed by atoms with Crippen LogP contribution in [-0.2, 0) is 6.54 Å². The number of para-hydroxylation sites is 1. The SMILES string of the molecule is COc1ccccc1CNc1sc(C(N)=O)c(N)c1OC. The van der Waals surface area contributed by atoms with Crippen LogP contribution in [0, 0.1) is 0 Å². The first-order valence-electron chi connectivity index (χ1n) is 6.20. The molecule has 1 heterocycles. The van der Waals surface area contributed by atoms with E-state index in [4.69, 9.17) is 20.9 Å². The molecular weight excluding hydrogens is 290 g/mol. The molecule has 0 fully saturated rings. The highest BCUT2D eigenvalue weighted by atomic mass is 32.1. The molecule has 112 valence electrons. The van der Waals surface area contributed by atoms with Gasteiger partial charge in [-0.1, -0.05) is 18.2 Å². The fraction of sp³-hybridized carbons (Fsp3) is 0.214. The number of carbonyl (C=O) groups excluding carboxylic acids is 1. The molecule has 0 spiro atoms. The van der Waals surface area contributed by atoms with E-state index in [1.165, 1.54) is 18.4 Å². The fourth-order valence-electron chi connectivity index (χ4n) is 1.96. The van der Waals surface area contributed by atoms with Crippen molar-refractivity contribution in [3.63, 3.8) is 0 Å². The number of hydrogen-bond acceptors (Lipinski definition) is 6. The lowest BCUT2D eigenvalue weighted by Crippen LogP contribution is -2.10. The van der Waals surface area contributed by atoms with E-state index in [0.29, 0.717) is 17.3 Å². The van der Waals surface area contributed by atoms with Gasteiger partial charge in [0.05, 0.1) is 14.2 Å². The summed E-state index contributed by atoms with van der Waals surface area (Å²) in [6.07, 6.45) is 0. The Bertz CT molecular complexity index is 655. The highest BCUT2D eigenvalue weighted by Crippen LogP contribution is 2.42. The number of nitrogen functional groups attached to an aromatic ring is 1. The summed E-state index contributed by atoms with van der Waals surface area (Å²) in [4.78, 5) is 11.6. The number of ether oxygens (including phenoxy) is 2. The van der Waals surface area contributed by atoms with Crippen molar-refractivity contribution in [3.8, 4) is 11.5 Å². The Balaban J connectivity index is 2.24. The van der Waals surface area contributed by atoms with Crippen molar-refractivity contribution in [2.75, 3.05) is 25.3 Å². The average Bonchev–Trinajstić information content (AvgIpc) is 2.81. The van der Waals surface area contributed by atoms with Crippen LogP contribution in [0.4, 0.5) is 10.7 Å². The van der Waals surface area contributed by atoms with Gasteiger partial charge in [-0.05, 0) is 6.07 Å². The first-order valence-corrected chi connectivity index (χ1v) is 7.02. The number of primary amides is 1. The third-order valence-corrected chi connectivity index (χ3v) is 4.12. The zero-order valence-electron chi connectivity index (χ0n) is 11.8. The number of benzene rings is 1. The number of thiophene rings is 1. The van der Waals surface area contributed by atoms with E-state index in [2.05, 4.69) is 5.32 Å². The van der Waals surface area contributed by atoms with Crippen LogP contribution < -0.4 is 26.3 Å². The maximum absolute atomic E-state index is 11.3. The van der Waals surface area contributed by atoms with Gasteiger partial charge in [-0.15, -0.1) is 11.3 Å². The summed E-state index contributed by atoms with van der Waals surface area (Å²) in [5.41, 5.74) is 12.4. The average molecular weight is 307 g/mol. The van der Waals surface area contributed by atoms with Gasteiger partial charge in [0.15, 0.2) is 5.75 Å². The molecule has 0 bridgehead atoms. The number of nitrogens with one attached hydrogen (secondary N) is 1. The summed E-state index contributed by atoms with van der Waals surface area (Å²) in [5.74, 6) is 0.647. The normalized spacial score (nSPS) is 10.2. The quantitative estimate of drug-likeness (QED) is 0.758. The van der Waals surface area contributed by atoms with Gasteiger partial charge < -0.3 is 26.3 Å². The van der Waals surface area contributed by atoms with Crippen LogP contribution >= 0.6 is 11.3 Å². The van der Waals surface area contributed by atoms with Crippen LogP contribution in [0.15, 0.2) is 24.3 Å². The molecular formula is C14H17N3O3S. The summed E-state index contributed by atoms with van der Waals surface area (Å²) in [6, 6.07) is 7.65. The molecule has 21 heavy (non-hydrogen) atoms. The smallest absolute Gasteiger partial charge is 0.261 e. The van der Waals surface area contributed by atoms with Crippen molar-refractivity contribution in [3.05, 3.63) is 34.7 Å². The maximum atomic E-state index is 11.3. The van der Waals surface area contributed by atoms with E-state index in [9.17, 15) is 4.79 Å². The Kier molecular flexibility index (Phi) is 4.54. The van der Waals surface area contributed by atoms with Gasteiger partial charge in [-0.25, -0.2) is 0 Å². The lowest BCUT2D eigenvalue weighted by Gasteiger charge is -2.10. The molecule has 2 aromatic rings. The molecule has 6 nitrogen and oxygen atoms in total. The zero-order valence-corrected chi connectivity index (χ0v) is 12.6. The van der Waals surface area contributed by atoms with E-state index in [-0.39, 0.29) is 10.6 Å². The van der Waals surface area contributed by atoms with E-state index in [0.717, 1.165) is 11.3 Å². The minimum Gasteiger partial charge on any atom is -0.496 e. The molecule has 0 aliphatic carbocycles. The highest BCUT2D eigenvalue weighted by molar-refractivity contribution is 7.19. The monoisotopic (exact) mass is 307 g/mol. The van der Waals surface area contributed by atoms with Crippen molar-refractivity contribution in [2.45, 2.75) is 6.54 Å². The number of carbonyl (C=O) groups is 1. The molecule has 1 amide bonds. The third kappa shape index (κ3) is 3.03. The van der Waals surface area contributed by atoms with E-state index in [1.54, 1.807) is 7.11 Å². The van der Waals surface area contributed by atoms with Crippen LogP contribution in [-0.4, -0.2) is 20.1 Å². The zero-order chi connectivity index (χ0) is 15.4. The van der Waals surface area contributed by atoms with E-state index >= 15 is 0 Å². The molecule has 7 heteroatoms. The molecule has 0 saturated heterocycles. The van der Waals surface area contributed by atoms with Gasteiger partial charge in [-0.3, -0.25) is 4.79 Å². The predicted octanol–water partition coefficient (Wildman–Crippen LogP) is 2.06. The first-order chi connectivity index (χ1) is 10.1. The molecule has 1 aromatic carbocycles. The second-order valence-corrected chi connectivity index (χ2v) is 5.26. The van der Waals surface area contributed by atoms with Crippen molar-refractivity contribution < 1.29 is 14.3 Å². The first kappa shape index (κ1) is 15.0. The van der Waals surface area contributed by atoms with Gasteiger partial charge >= 0.3 is 0 Å². The van der Waals surface area contributed by atoms with Crippen LogP contribution in [0.3, 0.4) is 0 Å². The van der Waals surface area contributed by atoms with E-state index in [1.807, 2.05) is 24.3 Å². The summed E-state index contributed by atoms with van der Waals surface area (Å²) >= 11 is 1.18. The number of hydrogen-bond donors (Lipinski definition) is 3. The Morgan fingerprint density at radius 1 is 1.29 bits per heavy atom. The van der Waals surface area contributed by atoms with Crippen molar-refractivity contribution in [1.82, 2.24) is 0 Å². The lowest BCUT2D eigenvalue weighted by molar-refractivity contribution is 0.100. The summed E-state index contributed by atoms with van der Waals surface area (Å²) in [5, 5.41) is 3.86. The summed E-state index contributed by atoms with van der Waals surface area (Å²) in [7, 11) is 3.12. The number of amides is 1. The number of rotatable bonds is 6. The maximum Gasteiger partial charge on any atom is 0.261 e. The van der Waals surface area contributed by atoms with E-state index < -0.39 is 5.91 Å². The molecule has 1 aromatic heterocycles. The molecule has 2 rings (SSSR count). The van der Waals surface area contributed by atoms with Crippen molar-refractivity contribution >= 4 is 27.9 Å². The molecule has 0 saturated carbocycles. The number of anilines is 2. The van der Waals surface area contributed by atoms with Gasteiger partial charge in [0.2, 0.25) is 0 Å². The fourth-order valence-corrected chi connectivity index (χ4v) is 2.89. The molecule has 0 aliphatic heterocycles. The molecule has 0 radical (unpaired) electrons. The third-order valence-electron chi connectivity index (χ3n) is 2.96. The molecule has 5 N–H and O–H groups in total. The van der Waals surface area contributed by atoms with Gasteiger partial charge in [0, 0.05) is 12.1 Å². The Hall–Kier alpha value is -2.41. The Morgan fingerprint density at radius 2 is 2.00 bits per heavy atom. The van der Waals surface area contributed by atoms with Crippen LogP contribution in [0.1, 0.15) is 15.2 Å². The summed E-state index contributed by atoms with van der Waals surface area (Å²) < 4.78 is 10.5. The van der Waals surface area contributed by atoms with Crippen molar-refractivity contribution in [2.24, 2.45) is 5.73 Å². The number of nitrogens with two attached hydrogens (primary N) is 2. The predicted molar refractivity (Wildman–Crippen MR) is 84.1 cm³/mol. The Morgan fingerprint density at radius 3 is 2.62 bits per heavy atom. The van der Waals surface area contributed by atoms with Gasteiger partial charge in [0.25, 0.3) is 5.91 Å². The van der Waals surface area contributed by atoms with Crippen LogP contribution in [0.25, 0.3) is 0 Å². The van der Waals surface area contributed by atoms with Crippen LogP contribution in [0.5, 0.6) is 11.5 Å². The lowest BCUT2D eigenvalue weighted by atomic mass is 10.2. The molecule has 0 atom stereocenters. The minimum atomic E-state index is -0.568. The molecule has 0 unspecified atom stereocenters. The number of methoxy groups -OCH3 is 2. The second kappa shape index (κ2) is 6.36.